The zero-order valence-electron chi connectivity index (χ0n) is 11.1. The van der Waals surface area contributed by atoms with Crippen molar-refractivity contribution in [2.75, 3.05) is 13.2 Å². The summed E-state index contributed by atoms with van der Waals surface area (Å²) < 4.78 is 5.27. The predicted molar refractivity (Wildman–Crippen MR) is 71.8 cm³/mol. The van der Waals surface area contributed by atoms with E-state index in [9.17, 15) is 4.79 Å². The minimum absolute atomic E-state index is 0.0517. The van der Waals surface area contributed by atoms with Gasteiger partial charge in [0.2, 0.25) is 0 Å². The number of ether oxygens (including phenoxy) is 1. The van der Waals surface area contributed by atoms with Gasteiger partial charge in [0.15, 0.2) is 0 Å². The Kier molecular flexibility index (Phi) is 4.53. The largest absolute Gasteiger partial charge is 0.381 e. The van der Waals surface area contributed by atoms with E-state index in [1.165, 1.54) is 0 Å². The maximum absolute atomic E-state index is 12.3. The molecule has 0 bridgehead atoms. The molecule has 0 saturated carbocycles. The topological polar surface area (TPSA) is 62.1 Å². The second kappa shape index (κ2) is 6.35. The van der Waals surface area contributed by atoms with Gasteiger partial charge in [0.1, 0.15) is 0 Å². The van der Waals surface area contributed by atoms with Crippen molar-refractivity contribution in [3.8, 4) is 6.07 Å². The molecule has 4 heteroatoms. The third kappa shape index (κ3) is 3.55. The Hall–Kier alpha value is -1.86. The fraction of sp³-hybridized carbons (Fsp3) is 0.467. The van der Waals surface area contributed by atoms with E-state index in [1.807, 2.05) is 25.1 Å². The lowest BCUT2D eigenvalue weighted by atomic mass is 10.0. The summed E-state index contributed by atoms with van der Waals surface area (Å²) in [6.07, 6.45) is 2.06. The van der Waals surface area contributed by atoms with Crippen LogP contribution < -0.4 is 5.32 Å². The molecule has 1 fully saturated rings. The highest BCUT2D eigenvalue weighted by molar-refractivity contribution is 5.96. The van der Waals surface area contributed by atoms with Gasteiger partial charge in [-0.3, -0.25) is 4.79 Å². The van der Waals surface area contributed by atoms with Crippen molar-refractivity contribution in [1.82, 2.24) is 5.32 Å². The Balaban J connectivity index is 2.09. The number of amides is 1. The van der Waals surface area contributed by atoms with Gasteiger partial charge >= 0.3 is 0 Å². The standard InChI is InChI=1S/C15H18N2O2/c1-11-2-3-12(4-7-16)10-14(11)15(18)17-13-5-8-19-9-6-13/h2-3,10,13H,4-6,8-9H2,1H3,(H,17,18). The minimum atomic E-state index is -0.0517. The Morgan fingerprint density at radius 1 is 1.47 bits per heavy atom. The highest BCUT2D eigenvalue weighted by Gasteiger charge is 2.18. The minimum Gasteiger partial charge on any atom is -0.381 e. The van der Waals surface area contributed by atoms with Gasteiger partial charge in [-0.05, 0) is 37.0 Å². The van der Waals surface area contributed by atoms with Gasteiger partial charge in [-0.2, -0.15) is 5.26 Å². The highest BCUT2D eigenvalue weighted by atomic mass is 16.5. The maximum atomic E-state index is 12.3. The van der Waals surface area contributed by atoms with E-state index >= 15 is 0 Å². The summed E-state index contributed by atoms with van der Waals surface area (Å²) in [6.45, 7) is 3.33. The van der Waals surface area contributed by atoms with Crippen molar-refractivity contribution >= 4 is 5.91 Å². The number of nitrogens with zero attached hydrogens (tertiary/aromatic N) is 1. The lowest BCUT2D eigenvalue weighted by molar-refractivity contribution is 0.0696. The molecule has 0 aromatic heterocycles. The summed E-state index contributed by atoms with van der Waals surface area (Å²) in [5.41, 5.74) is 2.48. The first kappa shape index (κ1) is 13.6. The van der Waals surface area contributed by atoms with Crippen molar-refractivity contribution in [3.05, 3.63) is 34.9 Å². The van der Waals surface area contributed by atoms with Crippen LogP contribution in [-0.4, -0.2) is 25.2 Å². The number of nitrogens with one attached hydrogen (secondary N) is 1. The highest BCUT2D eigenvalue weighted by Crippen LogP contribution is 2.13. The van der Waals surface area contributed by atoms with Crippen molar-refractivity contribution in [1.29, 1.82) is 5.26 Å². The van der Waals surface area contributed by atoms with Crippen LogP contribution in [0.2, 0.25) is 0 Å². The number of carbonyl (C=O) groups excluding carboxylic acids is 1. The van der Waals surface area contributed by atoms with Crippen LogP contribution in [0.3, 0.4) is 0 Å². The van der Waals surface area contributed by atoms with Crippen molar-refractivity contribution in [3.63, 3.8) is 0 Å². The Labute approximate surface area is 113 Å². The molecular weight excluding hydrogens is 240 g/mol. The number of nitriles is 1. The molecular formula is C15H18N2O2. The predicted octanol–water partition coefficient (Wildman–Crippen LogP) is 1.97. The van der Waals surface area contributed by atoms with Crippen LogP contribution in [0.4, 0.5) is 0 Å². The van der Waals surface area contributed by atoms with Crippen LogP contribution in [0, 0.1) is 18.3 Å². The summed E-state index contributed by atoms with van der Waals surface area (Å²) in [6, 6.07) is 7.90. The Morgan fingerprint density at radius 3 is 2.89 bits per heavy atom. The molecule has 0 radical (unpaired) electrons. The summed E-state index contributed by atoms with van der Waals surface area (Å²) in [5.74, 6) is -0.0517. The van der Waals surface area contributed by atoms with Gasteiger partial charge in [-0.15, -0.1) is 0 Å². The molecule has 1 aromatic carbocycles. The van der Waals surface area contributed by atoms with Gasteiger partial charge in [0.25, 0.3) is 5.91 Å². The fourth-order valence-corrected chi connectivity index (χ4v) is 2.22. The lowest BCUT2D eigenvalue weighted by Gasteiger charge is -2.23. The van der Waals surface area contributed by atoms with Crippen LogP contribution in [-0.2, 0) is 11.2 Å². The average Bonchev–Trinajstić information content (AvgIpc) is 2.42. The summed E-state index contributed by atoms with van der Waals surface area (Å²) in [7, 11) is 0. The number of hydrogen-bond acceptors (Lipinski definition) is 3. The lowest BCUT2D eigenvalue weighted by Crippen LogP contribution is -2.39. The molecule has 1 aromatic rings. The molecule has 1 amide bonds. The number of carbonyl (C=O) groups is 1. The molecule has 1 heterocycles. The molecule has 2 rings (SSSR count). The van der Waals surface area contributed by atoms with E-state index in [0.29, 0.717) is 25.2 Å². The first-order chi connectivity index (χ1) is 9.20. The van der Waals surface area contributed by atoms with Crippen LogP contribution in [0.5, 0.6) is 0 Å². The smallest absolute Gasteiger partial charge is 0.251 e. The first-order valence-electron chi connectivity index (χ1n) is 6.56. The molecule has 1 aliphatic heterocycles. The maximum Gasteiger partial charge on any atom is 0.251 e. The number of aryl methyl sites for hydroxylation is 1. The van der Waals surface area contributed by atoms with E-state index in [-0.39, 0.29) is 11.9 Å². The van der Waals surface area contributed by atoms with Crippen LogP contribution in [0.25, 0.3) is 0 Å². The number of hydrogen-bond donors (Lipinski definition) is 1. The van der Waals surface area contributed by atoms with Crippen molar-refractivity contribution in [2.24, 2.45) is 0 Å². The normalized spacial score (nSPS) is 15.8. The zero-order chi connectivity index (χ0) is 13.7. The molecule has 4 nitrogen and oxygen atoms in total. The molecule has 19 heavy (non-hydrogen) atoms. The summed E-state index contributed by atoms with van der Waals surface area (Å²) >= 11 is 0. The van der Waals surface area contributed by atoms with Gasteiger partial charge < -0.3 is 10.1 Å². The van der Waals surface area contributed by atoms with Gasteiger partial charge in [0.05, 0.1) is 12.5 Å². The third-order valence-corrected chi connectivity index (χ3v) is 3.39. The van der Waals surface area contributed by atoms with Gasteiger partial charge in [-0.25, -0.2) is 0 Å². The fourth-order valence-electron chi connectivity index (χ4n) is 2.22. The average molecular weight is 258 g/mol. The van der Waals surface area contributed by atoms with Crippen LogP contribution in [0.15, 0.2) is 18.2 Å². The molecule has 0 spiro atoms. The van der Waals surface area contributed by atoms with Crippen LogP contribution in [0.1, 0.15) is 34.3 Å². The SMILES string of the molecule is Cc1ccc(CC#N)cc1C(=O)NC1CCOCC1. The second-order valence-corrected chi connectivity index (χ2v) is 4.84. The van der Waals surface area contributed by atoms with E-state index in [4.69, 9.17) is 10.00 Å². The van der Waals surface area contributed by atoms with E-state index in [0.717, 1.165) is 24.0 Å². The third-order valence-electron chi connectivity index (χ3n) is 3.39. The van der Waals surface area contributed by atoms with Crippen molar-refractivity contribution < 1.29 is 9.53 Å². The van der Waals surface area contributed by atoms with Crippen molar-refractivity contribution in [2.45, 2.75) is 32.2 Å². The molecule has 1 saturated heterocycles. The molecule has 100 valence electrons. The van der Waals surface area contributed by atoms with Gasteiger partial charge in [0, 0.05) is 24.8 Å². The molecule has 1 aliphatic rings. The van der Waals surface area contributed by atoms with Gasteiger partial charge in [-0.1, -0.05) is 12.1 Å². The second-order valence-electron chi connectivity index (χ2n) is 4.84. The van der Waals surface area contributed by atoms with Crippen LogP contribution >= 0.6 is 0 Å². The van der Waals surface area contributed by atoms with E-state index < -0.39 is 0 Å². The molecule has 0 atom stereocenters. The molecule has 0 unspecified atom stereocenters. The summed E-state index contributed by atoms with van der Waals surface area (Å²) in [5, 5.41) is 11.8. The first-order valence-corrected chi connectivity index (χ1v) is 6.56. The monoisotopic (exact) mass is 258 g/mol. The number of rotatable bonds is 3. The van der Waals surface area contributed by atoms with E-state index in [2.05, 4.69) is 11.4 Å². The quantitative estimate of drug-likeness (QED) is 0.901. The number of benzene rings is 1. The summed E-state index contributed by atoms with van der Waals surface area (Å²) in [4.78, 5) is 12.3. The molecule has 1 N–H and O–H groups in total. The zero-order valence-corrected chi connectivity index (χ0v) is 11.1. The Bertz CT molecular complexity index is 499. The Morgan fingerprint density at radius 2 is 2.21 bits per heavy atom. The molecule has 0 aliphatic carbocycles. The van der Waals surface area contributed by atoms with E-state index in [1.54, 1.807) is 0 Å².